The lowest BCUT2D eigenvalue weighted by molar-refractivity contribution is 0.590. The van der Waals surface area contributed by atoms with Crippen molar-refractivity contribution in [2.45, 2.75) is 33.1 Å². The minimum Gasteiger partial charge on any atom is -0.371 e. The molecule has 0 heterocycles. The van der Waals surface area contributed by atoms with Crippen molar-refractivity contribution < 1.29 is 0 Å². The fraction of sp³-hybridized carbons (Fsp3) is 0.500. The monoisotopic (exact) mass is 211 g/mol. The molecule has 1 aromatic rings. The first-order chi connectivity index (χ1) is 6.45. The van der Waals surface area contributed by atoms with Gasteiger partial charge in [-0.15, -0.1) is 11.6 Å². The van der Waals surface area contributed by atoms with Gasteiger partial charge < -0.3 is 5.32 Å². The highest BCUT2D eigenvalue weighted by Gasteiger charge is 2.13. The number of halogens is 1. The van der Waals surface area contributed by atoms with E-state index in [2.05, 4.69) is 51.2 Å². The van der Waals surface area contributed by atoms with Crippen LogP contribution in [0.4, 0.5) is 5.69 Å². The van der Waals surface area contributed by atoms with E-state index >= 15 is 0 Å². The Bertz CT molecular complexity index is 313. The van der Waals surface area contributed by atoms with E-state index < -0.39 is 0 Å². The number of anilines is 1. The SMILES string of the molecule is Cc1cc(C(C)(C)C)ccc1NCCl. The van der Waals surface area contributed by atoms with Crippen LogP contribution in [0.25, 0.3) is 0 Å². The van der Waals surface area contributed by atoms with Crippen molar-refractivity contribution in [3.63, 3.8) is 0 Å². The molecule has 0 aliphatic carbocycles. The van der Waals surface area contributed by atoms with Crippen LogP contribution in [0.2, 0.25) is 0 Å². The maximum Gasteiger partial charge on any atom is 0.0901 e. The molecular formula is C12H18ClN. The zero-order chi connectivity index (χ0) is 10.8. The molecule has 0 spiro atoms. The van der Waals surface area contributed by atoms with Crippen LogP contribution in [0.15, 0.2) is 18.2 Å². The van der Waals surface area contributed by atoms with Crippen molar-refractivity contribution in [2.75, 3.05) is 11.3 Å². The van der Waals surface area contributed by atoms with Gasteiger partial charge in [0.05, 0.1) is 6.00 Å². The van der Waals surface area contributed by atoms with Gasteiger partial charge in [0.25, 0.3) is 0 Å². The molecule has 0 saturated carbocycles. The highest BCUT2D eigenvalue weighted by molar-refractivity contribution is 6.18. The summed E-state index contributed by atoms with van der Waals surface area (Å²) < 4.78 is 0. The van der Waals surface area contributed by atoms with E-state index in [4.69, 9.17) is 11.6 Å². The molecular weight excluding hydrogens is 194 g/mol. The molecule has 0 radical (unpaired) electrons. The van der Waals surface area contributed by atoms with Gasteiger partial charge >= 0.3 is 0 Å². The smallest absolute Gasteiger partial charge is 0.0901 e. The Hall–Kier alpha value is -0.690. The Morgan fingerprint density at radius 1 is 1.29 bits per heavy atom. The summed E-state index contributed by atoms with van der Waals surface area (Å²) >= 11 is 5.63. The Morgan fingerprint density at radius 3 is 2.36 bits per heavy atom. The Kier molecular flexibility index (Phi) is 3.43. The first kappa shape index (κ1) is 11.4. The fourth-order valence-corrected chi connectivity index (χ4v) is 1.54. The summed E-state index contributed by atoms with van der Waals surface area (Å²) in [5.41, 5.74) is 3.94. The Labute approximate surface area is 91.5 Å². The Morgan fingerprint density at radius 2 is 1.93 bits per heavy atom. The third kappa shape index (κ3) is 2.65. The van der Waals surface area contributed by atoms with Gasteiger partial charge in [0.2, 0.25) is 0 Å². The molecule has 0 unspecified atom stereocenters. The second-order valence-electron chi connectivity index (χ2n) is 4.59. The second kappa shape index (κ2) is 4.22. The number of rotatable bonds is 2. The molecule has 0 aliphatic rings. The van der Waals surface area contributed by atoms with Crippen LogP contribution in [-0.2, 0) is 5.41 Å². The molecule has 78 valence electrons. The van der Waals surface area contributed by atoms with E-state index in [1.54, 1.807) is 0 Å². The number of aryl methyl sites for hydroxylation is 1. The molecule has 0 saturated heterocycles. The van der Waals surface area contributed by atoms with E-state index in [1.807, 2.05) is 0 Å². The summed E-state index contributed by atoms with van der Waals surface area (Å²) in [6, 6.07) is 6.92. The molecule has 0 aromatic heterocycles. The van der Waals surface area contributed by atoms with E-state index in [9.17, 15) is 0 Å². The second-order valence-corrected chi connectivity index (χ2v) is 4.86. The van der Waals surface area contributed by atoms with E-state index in [0.717, 1.165) is 5.69 Å². The summed E-state index contributed by atoms with van der Waals surface area (Å²) in [7, 11) is 0. The zero-order valence-electron chi connectivity index (χ0n) is 9.32. The zero-order valence-corrected chi connectivity index (χ0v) is 10.1. The maximum absolute atomic E-state index is 5.63. The van der Waals surface area contributed by atoms with Crippen LogP contribution in [0.3, 0.4) is 0 Å². The van der Waals surface area contributed by atoms with Crippen molar-refractivity contribution in [1.82, 2.24) is 0 Å². The third-order valence-corrected chi connectivity index (χ3v) is 2.48. The molecule has 0 atom stereocenters. The summed E-state index contributed by atoms with van der Waals surface area (Å²) in [6.45, 7) is 8.76. The number of benzene rings is 1. The van der Waals surface area contributed by atoms with Gasteiger partial charge in [-0.25, -0.2) is 0 Å². The van der Waals surface area contributed by atoms with Crippen LogP contribution in [-0.4, -0.2) is 6.00 Å². The lowest BCUT2D eigenvalue weighted by atomic mass is 9.86. The van der Waals surface area contributed by atoms with E-state index in [1.165, 1.54) is 11.1 Å². The Balaban J connectivity index is 3.01. The van der Waals surface area contributed by atoms with Crippen molar-refractivity contribution in [3.05, 3.63) is 29.3 Å². The fourth-order valence-electron chi connectivity index (χ4n) is 1.40. The lowest BCUT2D eigenvalue weighted by Crippen LogP contribution is -2.11. The molecule has 2 heteroatoms. The first-order valence-electron chi connectivity index (χ1n) is 4.86. The summed E-state index contributed by atoms with van der Waals surface area (Å²) in [4.78, 5) is 0. The van der Waals surface area contributed by atoms with Crippen LogP contribution < -0.4 is 5.32 Å². The predicted octanol–water partition coefficient (Wildman–Crippen LogP) is 3.90. The van der Waals surface area contributed by atoms with Crippen LogP contribution >= 0.6 is 11.6 Å². The van der Waals surface area contributed by atoms with E-state index in [0.29, 0.717) is 6.00 Å². The van der Waals surface area contributed by atoms with Crippen LogP contribution in [0.1, 0.15) is 31.9 Å². The molecule has 0 amide bonds. The predicted molar refractivity (Wildman–Crippen MR) is 64.2 cm³/mol. The lowest BCUT2D eigenvalue weighted by Gasteiger charge is -2.20. The van der Waals surface area contributed by atoms with Crippen LogP contribution in [0, 0.1) is 6.92 Å². The van der Waals surface area contributed by atoms with Gasteiger partial charge in [-0.2, -0.15) is 0 Å². The summed E-state index contributed by atoms with van der Waals surface area (Å²) in [6.07, 6.45) is 0. The third-order valence-electron chi connectivity index (χ3n) is 2.35. The minimum absolute atomic E-state index is 0.213. The number of hydrogen-bond donors (Lipinski definition) is 1. The minimum atomic E-state index is 0.213. The molecule has 0 aliphatic heterocycles. The van der Waals surface area contributed by atoms with Crippen molar-refractivity contribution >= 4 is 17.3 Å². The van der Waals surface area contributed by atoms with Gasteiger partial charge in [0.15, 0.2) is 0 Å². The van der Waals surface area contributed by atoms with Gasteiger partial charge in [-0.1, -0.05) is 32.9 Å². The normalized spacial score (nSPS) is 11.5. The van der Waals surface area contributed by atoms with E-state index in [-0.39, 0.29) is 5.41 Å². The van der Waals surface area contributed by atoms with Gasteiger partial charge in [-0.3, -0.25) is 0 Å². The molecule has 1 N–H and O–H groups in total. The number of hydrogen-bond acceptors (Lipinski definition) is 1. The molecule has 14 heavy (non-hydrogen) atoms. The molecule has 1 nitrogen and oxygen atoms in total. The first-order valence-corrected chi connectivity index (χ1v) is 5.39. The van der Waals surface area contributed by atoms with Crippen molar-refractivity contribution in [3.8, 4) is 0 Å². The average molecular weight is 212 g/mol. The van der Waals surface area contributed by atoms with Gasteiger partial charge in [0, 0.05) is 5.69 Å². The highest BCUT2D eigenvalue weighted by Crippen LogP contribution is 2.26. The molecule has 0 fully saturated rings. The highest BCUT2D eigenvalue weighted by atomic mass is 35.5. The molecule has 1 rings (SSSR count). The largest absolute Gasteiger partial charge is 0.371 e. The molecule has 0 bridgehead atoms. The molecule has 1 aromatic carbocycles. The van der Waals surface area contributed by atoms with Gasteiger partial charge in [-0.05, 0) is 29.5 Å². The summed E-state index contributed by atoms with van der Waals surface area (Å²) in [5.74, 6) is 0. The quantitative estimate of drug-likeness (QED) is 0.578. The topological polar surface area (TPSA) is 12.0 Å². The van der Waals surface area contributed by atoms with Crippen molar-refractivity contribution in [2.24, 2.45) is 0 Å². The number of nitrogens with one attached hydrogen (secondary N) is 1. The summed E-state index contributed by atoms with van der Waals surface area (Å²) in [5, 5.41) is 3.12. The number of alkyl halides is 1. The van der Waals surface area contributed by atoms with Crippen LogP contribution in [0.5, 0.6) is 0 Å². The standard InChI is InChI=1S/C12H18ClN/c1-9-7-10(12(2,3)4)5-6-11(9)14-8-13/h5-7,14H,8H2,1-4H3. The maximum atomic E-state index is 5.63. The van der Waals surface area contributed by atoms with Crippen molar-refractivity contribution in [1.29, 1.82) is 0 Å². The van der Waals surface area contributed by atoms with Gasteiger partial charge in [0.1, 0.15) is 0 Å². The average Bonchev–Trinajstić information content (AvgIpc) is 2.07.